The van der Waals surface area contributed by atoms with Crippen LogP contribution < -0.4 is 10.6 Å². The Bertz CT molecular complexity index is 1690. The van der Waals surface area contributed by atoms with Gasteiger partial charge >= 0.3 is 5.97 Å². The highest BCUT2D eigenvalue weighted by Crippen LogP contribution is 2.36. The van der Waals surface area contributed by atoms with Crippen LogP contribution in [0.15, 0.2) is 48.9 Å². The molecule has 2 aromatic heterocycles. The lowest BCUT2D eigenvalue weighted by atomic mass is 9.84. The first kappa shape index (κ1) is 31.3. The molecule has 0 unspecified atom stereocenters. The van der Waals surface area contributed by atoms with E-state index in [-0.39, 0.29) is 29.1 Å². The van der Waals surface area contributed by atoms with Gasteiger partial charge in [-0.25, -0.2) is 18.3 Å². The Hall–Kier alpha value is -4.67. The van der Waals surface area contributed by atoms with Crippen molar-refractivity contribution in [3.63, 3.8) is 0 Å². The summed E-state index contributed by atoms with van der Waals surface area (Å²) in [5, 5.41) is 19.2. The Kier molecular flexibility index (Phi) is 8.93. The minimum atomic E-state index is -1.87. The van der Waals surface area contributed by atoms with Gasteiger partial charge in [0.1, 0.15) is 12.4 Å². The summed E-state index contributed by atoms with van der Waals surface area (Å²) in [5.41, 5.74) is 1.98. The van der Waals surface area contributed by atoms with Crippen molar-refractivity contribution in [1.82, 2.24) is 25.2 Å². The predicted octanol–water partition coefficient (Wildman–Crippen LogP) is 5.25. The quantitative estimate of drug-likeness (QED) is 0.231. The summed E-state index contributed by atoms with van der Waals surface area (Å²) in [6, 6.07) is 8.31. The van der Waals surface area contributed by atoms with Crippen molar-refractivity contribution in [3.8, 4) is 11.1 Å². The summed E-state index contributed by atoms with van der Waals surface area (Å²) in [5.74, 6) is -5.17. The van der Waals surface area contributed by atoms with E-state index in [1.807, 2.05) is 46.8 Å². The molecule has 4 rings (SSSR count). The van der Waals surface area contributed by atoms with E-state index >= 15 is 8.78 Å². The molecule has 0 bridgehead atoms. The molecule has 0 saturated carbocycles. The molecule has 2 aromatic carbocycles. The van der Waals surface area contributed by atoms with Crippen LogP contribution in [0.25, 0.3) is 16.8 Å². The molecule has 43 heavy (non-hydrogen) atoms. The monoisotopic (exact) mass is 591 g/mol. The third-order valence-corrected chi connectivity index (χ3v) is 7.37. The van der Waals surface area contributed by atoms with Crippen LogP contribution in [0, 0.1) is 38.3 Å². The van der Waals surface area contributed by atoms with Crippen LogP contribution in [0.3, 0.4) is 0 Å². The van der Waals surface area contributed by atoms with Crippen LogP contribution in [0.2, 0.25) is 0 Å². The van der Waals surface area contributed by atoms with Gasteiger partial charge in [0, 0.05) is 11.8 Å². The third kappa shape index (κ3) is 6.71. The van der Waals surface area contributed by atoms with Crippen LogP contribution >= 0.6 is 0 Å². The first-order chi connectivity index (χ1) is 20.2. The summed E-state index contributed by atoms with van der Waals surface area (Å²) in [6.07, 6.45) is 2.36. The van der Waals surface area contributed by atoms with Gasteiger partial charge < -0.3 is 15.7 Å². The van der Waals surface area contributed by atoms with Crippen molar-refractivity contribution in [3.05, 3.63) is 88.4 Å². The van der Waals surface area contributed by atoms with Crippen LogP contribution in [0.4, 0.5) is 8.78 Å². The number of hydrogen-bond donors (Lipinski definition) is 3. The number of fused-ring (bicyclic) bond motifs is 1. The zero-order chi connectivity index (χ0) is 31.6. The highest BCUT2D eigenvalue weighted by Gasteiger charge is 2.38. The number of carboxylic acid groups (broad SMARTS) is 1. The molecule has 0 fully saturated rings. The summed E-state index contributed by atoms with van der Waals surface area (Å²) in [6.45, 7) is 10.7. The fraction of sp³-hybridized carbons (Fsp3) is 0.344. The number of carbonyl (C=O) groups excluding carboxylic acids is 2. The molecule has 0 aliphatic heterocycles. The Labute approximate surface area is 248 Å². The van der Waals surface area contributed by atoms with Crippen molar-refractivity contribution in [1.29, 1.82) is 0 Å². The maximum atomic E-state index is 15.5. The second kappa shape index (κ2) is 12.3. The van der Waals surface area contributed by atoms with Crippen molar-refractivity contribution in [2.75, 3.05) is 0 Å². The number of nitrogens with zero attached hydrogens (tertiary/aromatic N) is 3. The Balaban J connectivity index is 1.74. The number of benzene rings is 2. The number of pyridine rings is 1. The first-order valence-corrected chi connectivity index (χ1v) is 13.9. The highest BCUT2D eigenvalue weighted by molar-refractivity contribution is 6.02. The van der Waals surface area contributed by atoms with Gasteiger partial charge in [-0.1, -0.05) is 31.5 Å². The van der Waals surface area contributed by atoms with E-state index in [4.69, 9.17) is 0 Å². The number of aryl methyl sites for hydroxylation is 3. The number of halogens is 2. The lowest BCUT2D eigenvalue weighted by Gasteiger charge is -2.33. The molecule has 2 atom stereocenters. The van der Waals surface area contributed by atoms with E-state index in [9.17, 15) is 19.5 Å². The molecule has 0 aliphatic rings. The van der Waals surface area contributed by atoms with Gasteiger partial charge in [-0.3, -0.25) is 14.4 Å². The lowest BCUT2D eigenvalue weighted by Crippen LogP contribution is -2.54. The number of amides is 2. The summed E-state index contributed by atoms with van der Waals surface area (Å²) < 4.78 is 32.1. The number of aliphatic carboxylic acids is 1. The zero-order valence-electron chi connectivity index (χ0n) is 25.0. The highest BCUT2D eigenvalue weighted by atomic mass is 19.2. The molecule has 3 N–H and O–H groups in total. The fourth-order valence-corrected chi connectivity index (χ4v) is 5.60. The van der Waals surface area contributed by atoms with E-state index in [1.165, 1.54) is 29.9 Å². The standard InChI is InChI=1S/C32H35F2N5O4/c1-17(2)10-25(37-30(42)22-8-7-9-39-29(22)35-16-36-39)31(43)38-32(6,15-26(40)41)23-13-21(14-24(33)28(23)34)27-19(4)11-18(3)12-20(27)5/h7-9,11-14,16-17,25H,10,15H2,1-6H3,(H,37,42)(H,38,43)(H,40,41)/t25-,32-/m0/s1. The second-order valence-electron chi connectivity index (χ2n) is 11.6. The number of rotatable bonds is 10. The molecule has 0 spiro atoms. The van der Waals surface area contributed by atoms with Crippen LogP contribution in [-0.4, -0.2) is 43.5 Å². The van der Waals surface area contributed by atoms with E-state index < -0.39 is 47.4 Å². The molecule has 4 aromatic rings. The van der Waals surface area contributed by atoms with E-state index in [0.717, 1.165) is 22.8 Å². The molecule has 9 nitrogen and oxygen atoms in total. The largest absolute Gasteiger partial charge is 0.481 e. The topological polar surface area (TPSA) is 126 Å². The van der Waals surface area contributed by atoms with E-state index in [0.29, 0.717) is 11.1 Å². The molecular formula is C32H35F2N5O4. The van der Waals surface area contributed by atoms with Crippen molar-refractivity contribution in [2.45, 2.75) is 66.0 Å². The molecule has 0 radical (unpaired) electrons. The van der Waals surface area contributed by atoms with Crippen LogP contribution in [0.1, 0.15) is 66.2 Å². The summed E-state index contributed by atoms with van der Waals surface area (Å²) in [7, 11) is 0. The van der Waals surface area contributed by atoms with Gasteiger partial charge in [0.05, 0.1) is 17.5 Å². The molecule has 0 saturated heterocycles. The molecule has 2 amide bonds. The second-order valence-corrected chi connectivity index (χ2v) is 11.6. The Morgan fingerprint density at radius 3 is 2.37 bits per heavy atom. The van der Waals surface area contributed by atoms with Crippen molar-refractivity contribution >= 4 is 23.4 Å². The number of hydrogen-bond acceptors (Lipinski definition) is 5. The van der Waals surface area contributed by atoms with Crippen molar-refractivity contribution < 1.29 is 28.3 Å². The number of aromatic nitrogens is 3. The van der Waals surface area contributed by atoms with Gasteiger partial charge in [-0.05, 0) is 86.6 Å². The van der Waals surface area contributed by atoms with E-state index in [1.54, 1.807) is 12.3 Å². The molecule has 2 heterocycles. The number of nitrogens with one attached hydrogen (secondary N) is 2. The van der Waals surface area contributed by atoms with Gasteiger partial charge in [0.15, 0.2) is 17.3 Å². The maximum absolute atomic E-state index is 15.5. The fourth-order valence-electron chi connectivity index (χ4n) is 5.60. The number of carboxylic acids is 1. The Morgan fingerprint density at radius 2 is 1.74 bits per heavy atom. The maximum Gasteiger partial charge on any atom is 0.306 e. The predicted molar refractivity (Wildman–Crippen MR) is 157 cm³/mol. The smallest absolute Gasteiger partial charge is 0.306 e. The van der Waals surface area contributed by atoms with Crippen LogP contribution in [-0.2, 0) is 15.1 Å². The van der Waals surface area contributed by atoms with E-state index in [2.05, 4.69) is 20.7 Å². The molecular weight excluding hydrogens is 556 g/mol. The molecule has 226 valence electrons. The first-order valence-electron chi connectivity index (χ1n) is 13.9. The minimum absolute atomic E-state index is 0.0596. The summed E-state index contributed by atoms with van der Waals surface area (Å²) in [4.78, 5) is 43.2. The molecule has 0 aliphatic carbocycles. The molecule has 11 heteroatoms. The van der Waals surface area contributed by atoms with Crippen molar-refractivity contribution in [2.24, 2.45) is 5.92 Å². The third-order valence-electron chi connectivity index (χ3n) is 7.37. The van der Waals surface area contributed by atoms with Crippen LogP contribution in [0.5, 0.6) is 0 Å². The van der Waals surface area contributed by atoms with Gasteiger partial charge in [-0.15, -0.1) is 0 Å². The normalized spacial score (nSPS) is 13.5. The minimum Gasteiger partial charge on any atom is -0.481 e. The number of carbonyl (C=O) groups is 3. The average Bonchev–Trinajstić information content (AvgIpc) is 3.37. The summed E-state index contributed by atoms with van der Waals surface area (Å²) >= 11 is 0. The lowest BCUT2D eigenvalue weighted by molar-refractivity contribution is -0.139. The SMILES string of the molecule is Cc1cc(C)c(-c2cc(F)c(F)c([C@](C)(CC(=O)O)NC(=O)[C@H](CC(C)C)NC(=O)c3cccn4ncnc34)c2)c(C)c1. The van der Waals surface area contributed by atoms with Gasteiger partial charge in [0.2, 0.25) is 5.91 Å². The van der Waals surface area contributed by atoms with Gasteiger partial charge in [0.25, 0.3) is 5.91 Å². The zero-order valence-corrected chi connectivity index (χ0v) is 25.0. The average molecular weight is 592 g/mol. The Morgan fingerprint density at radius 1 is 1.07 bits per heavy atom. The van der Waals surface area contributed by atoms with Gasteiger partial charge in [-0.2, -0.15) is 5.10 Å².